The maximum Gasteiger partial charge on any atom is 0.299 e. The summed E-state index contributed by atoms with van der Waals surface area (Å²) in [5, 5.41) is 14.0. The van der Waals surface area contributed by atoms with Crippen LogP contribution in [-0.2, 0) is 4.79 Å². The number of carbonyl (C=O) groups is 1. The van der Waals surface area contributed by atoms with E-state index in [4.69, 9.17) is 0 Å². The fraction of sp³-hybridized carbons (Fsp3) is 0.562. The van der Waals surface area contributed by atoms with Gasteiger partial charge in [0.15, 0.2) is 0 Å². The van der Waals surface area contributed by atoms with Crippen LogP contribution in [0.15, 0.2) is 30.3 Å². The smallest absolute Gasteiger partial charge is 0.299 e. The van der Waals surface area contributed by atoms with E-state index in [1.165, 1.54) is 0 Å². The maximum atomic E-state index is 12.3. The number of carbonyl (C=O) groups excluding carboxylic acids is 1. The normalized spacial score (nSPS) is 13.4. The zero-order chi connectivity index (χ0) is 15.7. The van der Waals surface area contributed by atoms with E-state index in [0.717, 1.165) is 25.7 Å². The molecular weight excluding hydrogens is 268 g/mol. The Morgan fingerprint density at radius 2 is 1.86 bits per heavy atom. The minimum Gasteiger partial charge on any atom is -0.320 e. The molecule has 0 radical (unpaired) electrons. The van der Waals surface area contributed by atoms with E-state index in [1.807, 2.05) is 19.9 Å². The molecule has 1 aromatic rings. The minimum atomic E-state index is -1.17. The first kappa shape index (κ1) is 17.1. The number of unbranched alkanes of at least 4 members (excludes halogenated alkanes) is 1. The average Bonchev–Trinajstić information content (AvgIpc) is 2.45. The minimum absolute atomic E-state index is 0.200. The summed E-state index contributed by atoms with van der Waals surface area (Å²) in [6, 6.07) is 7.71. The van der Waals surface area contributed by atoms with Gasteiger partial charge in [0.1, 0.15) is 0 Å². The lowest BCUT2D eigenvalue weighted by molar-refractivity contribution is -0.516. The van der Waals surface area contributed by atoms with Crippen molar-refractivity contribution in [1.29, 1.82) is 0 Å². The number of anilines is 1. The number of nitrogens with one attached hydrogen (secondary N) is 1. The van der Waals surface area contributed by atoms with Gasteiger partial charge < -0.3 is 5.32 Å². The quantitative estimate of drug-likeness (QED) is 0.554. The highest BCUT2D eigenvalue weighted by molar-refractivity contribution is 5.94. The number of hydrogen-bond donors (Lipinski definition) is 1. The summed E-state index contributed by atoms with van der Waals surface area (Å²) in [5.41, 5.74) is 0.597. The summed E-state index contributed by atoms with van der Waals surface area (Å²) in [5.74, 6) is -0.714. The summed E-state index contributed by atoms with van der Waals surface area (Å²) in [4.78, 5) is 23.2. The molecule has 0 aliphatic rings. The molecule has 2 unspecified atom stereocenters. The molecule has 0 fully saturated rings. The molecular formula is C16H24N2O3. The van der Waals surface area contributed by atoms with Gasteiger partial charge in [-0.3, -0.25) is 14.9 Å². The molecule has 0 aliphatic heterocycles. The maximum absolute atomic E-state index is 12.3. The molecule has 21 heavy (non-hydrogen) atoms. The third kappa shape index (κ3) is 5.53. The van der Waals surface area contributed by atoms with Crippen LogP contribution in [0.25, 0.3) is 0 Å². The predicted octanol–water partition coefficient (Wildman–Crippen LogP) is 3.88. The first-order valence-electron chi connectivity index (χ1n) is 7.59. The molecule has 116 valence electrons. The number of nitro groups is 1. The number of hydrogen-bond acceptors (Lipinski definition) is 3. The van der Waals surface area contributed by atoms with Crippen LogP contribution in [0.5, 0.6) is 0 Å². The summed E-state index contributed by atoms with van der Waals surface area (Å²) >= 11 is 0. The van der Waals surface area contributed by atoms with Crippen LogP contribution in [0, 0.1) is 16.0 Å². The Labute approximate surface area is 125 Å². The highest BCUT2D eigenvalue weighted by Crippen LogP contribution is 2.22. The molecule has 0 bridgehead atoms. The molecule has 0 aromatic heterocycles. The van der Waals surface area contributed by atoms with Crippen LogP contribution < -0.4 is 5.32 Å². The highest BCUT2D eigenvalue weighted by Gasteiger charge is 2.37. The van der Waals surface area contributed by atoms with Gasteiger partial charge in [-0.15, -0.1) is 0 Å². The van der Waals surface area contributed by atoms with Crippen molar-refractivity contribution in [2.45, 2.75) is 52.0 Å². The second-order valence-electron chi connectivity index (χ2n) is 5.28. The van der Waals surface area contributed by atoms with Crippen LogP contribution in [0.3, 0.4) is 0 Å². The lowest BCUT2D eigenvalue weighted by Gasteiger charge is -2.19. The third-order valence-electron chi connectivity index (χ3n) is 3.57. The van der Waals surface area contributed by atoms with Crippen molar-refractivity contribution in [2.24, 2.45) is 5.92 Å². The molecule has 1 amide bonds. The van der Waals surface area contributed by atoms with Gasteiger partial charge in [0, 0.05) is 16.5 Å². The predicted molar refractivity (Wildman–Crippen MR) is 83.8 cm³/mol. The molecule has 0 aliphatic carbocycles. The summed E-state index contributed by atoms with van der Waals surface area (Å²) in [6.45, 7) is 4.04. The van der Waals surface area contributed by atoms with Gasteiger partial charge >= 0.3 is 0 Å². The molecule has 0 saturated carbocycles. The molecule has 1 N–H and O–H groups in total. The van der Waals surface area contributed by atoms with Gasteiger partial charge in [0.05, 0.1) is 0 Å². The second kappa shape index (κ2) is 9.10. The van der Waals surface area contributed by atoms with Crippen LogP contribution in [0.4, 0.5) is 5.69 Å². The van der Waals surface area contributed by atoms with Gasteiger partial charge in [-0.25, -0.2) is 0 Å². The molecule has 5 nitrogen and oxygen atoms in total. The van der Waals surface area contributed by atoms with Crippen LogP contribution in [-0.4, -0.2) is 16.9 Å². The Bertz CT molecular complexity index is 448. The number of nitrogens with zero attached hydrogens (tertiary/aromatic N) is 1. The van der Waals surface area contributed by atoms with Crippen molar-refractivity contribution in [3.8, 4) is 0 Å². The number of benzene rings is 1. The van der Waals surface area contributed by atoms with Crippen molar-refractivity contribution in [2.75, 3.05) is 5.32 Å². The average molecular weight is 292 g/mol. The van der Waals surface area contributed by atoms with E-state index in [2.05, 4.69) is 5.32 Å². The second-order valence-corrected chi connectivity index (χ2v) is 5.28. The first-order valence-corrected chi connectivity index (χ1v) is 7.59. The Hall–Kier alpha value is -1.91. The van der Waals surface area contributed by atoms with Crippen molar-refractivity contribution >= 4 is 11.6 Å². The monoisotopic (exact) mass is 292 g/mol. The lowest BCUT2D eigenvalue weighted by Crippen LogP contribution is -2.41. The molecule has 0 heterocycles. The Morgan fingerprint density at radius 3 is 2.38 bits per heavy atom. The molecule has 0 spiro atoms. The van der Waals surface area contributed by atoms with Crippen LogP contribution in [0.2, 0.25) is 0 Å². The zero-order valence-corrected chi connectivity index (χ0v) is 12.7. The fourth-order valence-corrected chi connectivity index (χ4v) is 2.52. The Morgan fingerprint density at radius 1 is 1.19 bits per heavy atom. The van der Waals surface area contributed by atoms with Crippen molar-refractivity contribution in [3.05, 3.63) is 40.4 Å². The summed E-state index contributed by atoms with van der Waals surface area (Å²) in [7, 11) is 0. The van der Waals surface area contributed by atoms with E-state index in [1.54, 1.807) is 24.3 Å². The fourth-order valence-electron chi connectivity index (χ4n) is 2.52. The molecule has 1 rings (SSSR count). The third-order valence-corrected chi connectivity index (χ3v) is 3.57. The molecule has 0 saturated heterocycles. The Kier molecular flexibility index (Phi) is 7.43. The van der Waals surface area contributed by atoms with Gasteiger partial charge in [-0.05, 0) is 25.0 Å². The van der Waals surface area contributed by atoms with Gasteiger partial charge in [-0.1, -0.05) is 51.3 Å². The first-order chi connectivity index (χ1) is 10.1. The largest absolute Gasteiger partial charge is 0.320 e. The molecule has 5 heteroatoms. The van der Waals surface area contributed by atoms with E-state index in [0.29, 0.717) is 12.1 Å². The molecule has 2 atom stereocenters. The standard InChI is InChI=1S/C16H24N2O3/c1-3-5-10-13(9-4-2)15(18(20)21)16(19)17-14-11-7-6-8-12-14/h6-8,11-13,15H,3-5,9-10H2,1-2H3,(H,17,19). The summed E-state index contributed by atoms with van der Waals surface area (Å²) < 4.78 is 0. The van der Waals surface area contributed by atoms with Crippen molar-refractivity contribution < 1.29 is 9.72 Å². The van der Waals surface area contributed by atoms with Gasteiger partial charge in [-0.2, -0.15) is 0 Å². The van der Waals surface area contributed by atoms with Crippen molar-refractivity contribution in [3.63, 3.8) is 0 Å². The zero-order valence-electron chi connectivity index (χ0n) is 12.7. The van der Waals surface area contributed by atoms with E-state index in [-0.39, 0.29) is 5.92 Å². The van der Waals surface area contributed by atoms with E-state index >= 15 is 0 Å². The number of amides is 1. The Balaban J connectivity index is 2.82. The van der Waals surface area contributed by atoms with Crippen LogP contribution >= 0.6 is 0 Å². The number of para-hydroxylation sites is 1. The SMILES string of the molecule is CCCCC(CCC)C(C(=O)Nc1ccccc1)[N+](=O)[O-]. The van der Waals surface area contributed by atoms with E-state index in [9.17, 15) is 14.9 Å². The van der Waals surface area contributed by atoms with E-state index < -0.39 is 16.9 Å². The highest BCUT2D eigenvalue weighted by atomic mass is 16.6. The van der Waals surface area contributed by atoms with Gasteiger partial charge in [0.25, 0.3) is 11.9 Å². The molecule has 1 aromatic carbocycles. The van der Waals surface area contributed by atoms with Crippen LogP contribution in [0.1, 0.15) is 46.0 Å². The van der Waals surface area contributed by atoms with Crippen molar-refractivity contribution in [1.82, 2.24) is 0 Å². The number of rotatable bonds is 9. The topological polar surface area (TPSA) is 72.2 Å². The summed E-state index contributed by atoms with van der Waals surface area (Å²) in [6.07, 6.45) is 4.15. The van der Waals surface area contributed by atoms with Gasteiger partial charge in [0.2, 0.25) is 0 Å². The lowest BCUT2D eigenvalue weighted by atomic mass is 9.89.